The van der Waals surface area contributed by atoms with Crippen molar-refractivity contribution in [2.45, 2.75) is 17.6 Å². The van der Waals surface area contributed by atoms with Crippen LogP contribution >= 0.6 is 35.0 Å². The lowest BCUT2D eigenvalue weighted by Gasteiger charge is -2.00. The maximum Gasteiger partial charge on any atom is 0.226 e. The van der Waals surface area contributed by atoms with Gasteiger partial charge in [-0.05, 0) is 18.2 Å². The fourth-order valence-electron chi connectivity index (χ4n) is 1.11. The maximum absolute atomic E-state index is 5.90. The lowest BCUT2D eigenvalue weighted by Crippen LogP contribution is -1.81. The average Bonchev–Trinajstić information content (AvgIpc) is 2.66. The van der Waals surface area contributed by atoms with Crippen molar-refractivity contribution in [1.29, 1.82) is 0 Å². The van der Waals surface area contributed by atoms with Gasteiger partial charge in [0.15, 0.2) is 0 Å². The van der Waals surface area contributed by atoms with Crippen LogP contribution in [0.1, 0.15) is 11.8 Å². The number of thioether (sulfide) groups is 1. The van der Waals surface area contributed by atoms with E-state index in [1.54, 1.807) is 24.8 Å². The second kappa shape index (κ2) is 5.08. The Balaban J connectivity index is 2.02. The fraction of sp³-hybridized carbons (Fsp3) is 0.200. The minimum Gasteiger partial charge on any atom is -0.425 e. The summed E-state index contributed by atoms with van der Waals surface area (Å²) in [5, 5.41) is 8.76. The molecule has 0 amide bonds. The van der Waals surface area contributed by atoms with E-state index in [1.165, 1.54) is 0 Å². The van der Waals surface area contributed by atoms with Crippen molar-refractivity contribution in [3.8, 4) is 0 Å². The van der Waals surface area contributed by atoms with Gasteiger partial charge in [0.05, 0.1) is 15.8 Å². The molecule has 3 nitrogen and oxygen atoms in total. The van der Waals surface area contributed by atoms with Gasteiger partial charge < -0.3 is 4.42 Å². The third-order valence-electron chi connectivity index (χ3n) is 1.82. The Bertz CT molecular complexity index is 501. The summed E-state index contributed by atoms with van der Waals surface area (Å²) < 4.78 is 5.26. The van der Waals surface area contributed by atoms with Crippen LogP contribution in [0.4, 0.5) is 0 Å². The molecule has 0 aliphatic carbocycles. The number of hydrogen-bond acceptors (Lipinski definition) is 4. The molecule has 0 N–H and O–H groups in total. The first kappa shape index (κ1) is 11.8. The second-order valence-electron chi connectivity index (χ2n) is 3.08. The molecule has 0 saturated carbocycles. The van der Waals surface area contributed by atoms with Crippen LogP contribution in [0.25, 0.3) is 0 Å². The summed E-state index contributed by atoms with van der Waals surface area (Å²) in [4.78, 5) is 1.02. The van der Waals surface area contributed by atoms with E-state index < -0.39 is 0 Å². The molecule has 0 unspecified atom stereocenters. The molecule has 16 heavy (non-hydrogen) atoms. The zero-order valence-electron chi connectivity index (χ0n) is 8.41. The van der Waals surface area contributed by atoms with Gasteiger partial charge in [-0.2, -0.15) is 0 Å². The number of rotatable bonds is 3. The van der Waals surface area contributed by atoms with Crippen LogP contribution in [0, 0.1) is 6.92 Å². The second-order valence-corrected chi connectivity index (χ2v) is 4.94. The standard InChI is InChI=1S/C10H8Cl2N2OS/c1-6-13-14-10(15-6)5-16-7-2-3-8(11)9(12)4-7/h2-4H,5H2,1H3. The fourth-order valence-corrected chi connectivity index (χ4v) is 2.24. The van der Waals surface area contributed by atoms with Crippen LogP contribution in [0.2, 0.25) is 10.0 Å². The summed E-state index contributed by atoms with van der Waals surface area (Å²) in [6.07, 6.45) is 0. The molecule has 0 aliphatic heterocycles. The van der Waals surface area contributed by atoms with Gasteiger partial charge in [-0.3, -0.25) is 0 Å². The maximum atomic E-state index is 5.90. The SMILES string of the molecule is Cc1nnc(CSc2ccc(Cl)c(Cl)c2)o1. The van der Waals surface area contributed by atoms with Crippen LogP contribution in [-0.4, -0.2) is 10.2 Å². The predicted molar refractivity (Wildman–Crippen MR) is 65.1 cm³/mol. The molecule has 0 spiro atoms. The van der Waals surface area contributed by atoms with Crippen LogP contribution < -0.4 is 0 Å². The number of aryl methyl sites for hydroxylation is 1. The van der Waals surface area contributed by atoms with E-state index >= 15 is 0 Å². The van der Waals surface area contributed by atoms with Gasteiger partial charge in [0.25, 0.3) is 0 Å². The number of hydrogen-bond donors (Lipinski definition) is 0. The van der Waals surface area contributed by atoms with Crippen molar-refractivity contribution < 1.29 is 4.42 Å². The highest BCUT2D eigenvalue weighted by Gasteiger charge is 2.04. The van der Waals surface area contributed by atoms with Crippen molar-refractivity contribution in [2.75, 3.05) is 0 Å². The molecule has 2 rings (SSSR count). The summed E-state index contributed by atoms with van der Waals surface area (Å²) in [5.41, 5.74) is 0. The summed E-state index contributed by atoms with van der Waals surface area (Å²) in [7, 11) is 0. The Hall–Kier alpha value is -0.710. The monoisotopic (exact) mass is 274 g/mol. The molecule has 0 saturated heterocycles. The van der Waals surface area contributed by atoms with Gasteiger partial charge >= 0.3 is 0 Å². The lowest BCUT2D eigenvalue weighted by molar-refractivity contribution is 0.485. The van der Waals surface area contributed by atoms with Crippen LogP contribution in [0.15, 0.2) is 27.5 Å². The third-order valence-corrected chi connectivity index (χ3v) is 3.54. The third kappa shape index (κ3) is 2.90. The average molecular weight is 275 g/mol. The Kier molecular flexibility index (Phi) is 3.74. The Labute approximate surface area is 107 Å². The molecular formula is C10H8Cl2N2OS. The van der Waals surface area contributed by atoms with Crippen LogP contribution in [0.5, 0.6) is 0 Å². The van der Waals surface area contributed by atoms with E-state index in [9.17, 15) is 0 Å². The predicted octanol–water partition coefficient (Wildman–Crippen LogP) is 3.98. The Morgan fingerprint density at radius 2 is 2.06 bits per heavy atom. The van der Waals surface area contributed by atoms with Gasteiger partial charge in [0.1, 0.15) is 0 Å². The smallest absolute Gasteiger partial charge is 0.226 e. The normalized spacial score (nSPS) is 10.7. The van der Waals surface area contributed by atoms with Gasteiger partial charge in [0.2, 0.25) is 11.8 Å². The van der Waals surface area contributed by atoms with Gasteiger partial charge in [-0.25, -0.2) is 0 Å². The molecule has 0 fully saturated rings. The first-order chi connectivity index (χ1) is 7.65. The number of benzene rings is 1. The van der Waals surface area contributed by atoms with Crippen molar-refractivity contribution in [1.82, 2.24) is 10.2 Å². The molecular weight excluding hydrogens is 267 g/mol. The van der Waals surface area contributed by atoms with Gasteiger partial charge in [0, 0.05) is 11.8 Å². The highest BCUT2D eigenvalue weighted by Crippen LogP contribution is 2.29. The summed E-state index contributed by atoms with van der Waals surface area (Å²) in [6, 6.07) is 5.49. The molecule has 6 heteroatoms. The minimum absolute atomic E-state index is 0.549. The van der Waals surface area contributed by atoms with Crippen molar-refractivity contribution in [3.05, 3.63) is 40.0 Å². The molecule has 1 aromatic carbocycles. The highest BCUT2D eigenvalue weighted by atomic mass is 35.5. The van der Waals surface area contributed by atoms with E-state index in [1.807, 2.05) is 12.1 Å². The van der Waals surface area contributed by atoms with E-state index in [2.05, 4.69) is 10.2 Å². The molecule has 1 aromatic heterocycles. The number of aromatic nitrogens is 2. The minimum atomic E-state index is 0.549. The van der Waals surface area contributed by atoms with Crippen molar-refractivity contribution in [2.24, 2.45) is 0 Å². The highest BCUT2D eigenvalue weighted by molar-refractivity contribution is 7.98. The molecule has 2 aromatic rings. The van der Waals surface area contributed by atoms with E-state index in [0.29, 0.717) is 27.6 Å². The van der Waals surface area contributed by atoms with Crippen molar-refractivity contribution in [3.63, 3.8) is 0 Å². The molecule has 0 atom stereocenters. The molecule has 84 valence electrons. The van der Waals surface area contributed by atoms with Crippen LogP contribution in [0.3, 0.4) is 0 Å². The van der Waals surface area contributed by atoms with E-state index in [-0.39, 0.29) is 0 Å². The Morgan fingerprint density at radius 1 is 1.25 bits per heavy atom. The topological polar surface area (TPSA) is 38.9 Å². The van der Waals surface area contributed by atoms with Crippen LogP contribution in [-0.2, 0) is 5.75 Å². The molecule has 0 aliphatic rings. The molecule has 0 radical (unpaired) electrons. The Morgan fingerprint density at radius 3 is 2.69 bits per heavy atom. The molecule has 0 bridgehead atoms. The zero-order chi connectivity index (χ0) is 11.5. The zero-order valence-corrected chi connectivity index (χ0v) is 10.7. The lowest BCUT2D eigenvalue weighted by atomic mass is 10.4. The van der Waals surface area contributed by atoms with Gasteiger partial charge in [-0.1, -0.05) is 23.2 Å². The molecule has 1 heterocycles. The number of nitrogens with zero attached hydrogens (tertiary/aromatic N) is 2. The summed E-state index contributed by atoms with van der Waals surface area (Å²) in [5.74, 6) is 1.80. The first-order valence-corrected chi connectivity index (χ1v) is 6.26. The van der Waals surface area contributed by atoms with E-state index in [4.69, 9.17) is 27.6 Å². The van der Waals surface area contributed by atoms with E-state index in [0.717, 1.165) is 4.90 Å². The number of halogens is 2. The quantitative estimate of drug-likeness (QED) is 0.794. The summed E-state index contributed by atoms with van der Waals surface area (Å²) >= 11 is 13.3. The largest absolute Gasteiger partial charge is 0.425 e. The van der Waals surface area contributed by atoms with Gasteiger partial charge in [-0.15, -0.1) is 22.0 Å². The van der Waals surface area contributed by atoms with Crippen molar-refractivity contribution >= 4 is 35.0 Å². The summed E-state index contributed by atoms with van der Waals surface area (Å²) in [6.45, 7) is 1.76. The first-order valence-electron chi connectivity index (χ1n) is 4.52.